The van der Waals surface area contributed by atoms with Gasteiger partial charge in [-0.25, -0.2) is 4.79 Å². The summed E-state index contributed by atoms with van der Waals surface area (Å²) in [5, 5.41) is 9.74. The molecule has 0 bridgehead atoms. The van der Waals surface area contributed by atoms with Crippen LogP contribution >= 0.6 is 0 Å². The first-order chi connectivity index (χ1) is 10.6. The number of hydrogen-bond donors (Lipinski definition) is 1. The smallest absolute Gasteiger partial charge is 0.348 e. The normalized spacial score (nSPS) is 14.6. The summed E-state index contributed by atoms with van der Waals surface area (Å²) in [4.78, 5) is 15.5. The molecule has 0 aromatic heterocycles. The number of carboxylic acids is 1. The number of hydrogen-bond acceptors (Lipinski definition) is 3. The van der Waals surface area contributed by atoms with Crippen LogP contribution in [0.15, 0.2) is 60.9 Å². The van der Waals surface area contributed by atoms with Crippen molar-refractivity contribution >= 4 is 17.3 Å². The van der Waals surface area contributed by atoms with E-state index in [1.807, 2.05) is 74.8 Å². The highest BCUT2D eigenvalue weighted by atomic mass is 16.4. The van der Waals surface area contributed by atoms with Crippen LogP contribution in [-0.2, 0) is 4.79 Å². The highest BCUT2D eigenvalue weighted by Crippen LogP contribution is 2.32. The standard InChI is InChI=1S/C18H18N2O2/c1-13-7-3-5-9-15(13)19-11-12-20(17(19)18(21)22)16-10-6-4-8-14(16)2/h3-12,17H,1-2H3,(H,21,22). The van der Waals surface area contributed by atoms with Crippen molar-refractivity contribution in [1.82, 2.24) is 0 Å². The Morgan fingerprint density at radius 3 is 1.64 bits per heavy atom. The van der Waals surface area contributed by atoms with Crippen LogP contribution in [0.1, 0.15) is 11.1 Å². The van der Waals surface area contributed by atoms with E-state index in [4.69, 9.17) is 0 Å². The molecule has 0 atom stereocenters. The lowest BCUT2D eigenvalue weighted by Crippen LogP contribution is -2.45. The van der Waals surface area contributed by atoms with Gasteiger partial charge >= 0.3 is 5.97 Å². The van der Waals surface area contributed by atoms with Gasteiger partial charge in [0.25, 0.3) is 0 Å². The van der Waals surface area contributed by atoms with Crippen molar-refractivity contribution in [2.75, 3.05) is 9.80 Å². The minimum Gasteiger partial charge on any atom is -0.478 e. The average Bonchev–Trinajstić information content (AvgIpc) is 2.93. The quantitative estimate of drug-likeness (QED) is 0.940. The molecule has 22 heavy (non-hydrogen) atoms. The molecule has 0 fully saturated rings. The average molecular weight is 294 g/mol. The van der Waals surface area contributed by atoms with Crippen LogP contribution in [-0.4, -0.2) is 17.2 Å². The lowest BCUT2D eigenvalue weighted by molar-refractivity contribution is -0.138. The van der Waals surface area contributed by atoms with E-state index in [-0.39, 0.29) is 0 Å². The molecule has 0 radical (unpaired) electrons. The van der Waals surface area contributed by atoms with Gasteiger partial charge in [-0.05, 0) is 37.1 Å². The molecule has 1 heterocycles. The van der Waals surface area contributed by atoms with Crippen LogP contribution in [0.2, 0.25) is 0 Å². The van der Waals surface area contributed by atoms with Crippen LogP contribution < -0.4 is 9.80 Å². The molecule has 0 unspecified atom stereocenters. The van der Waals surface area contributed by atoms with Crippen LogP contribution in [0.25, 0.3) is 0 Å². The second-order valence-corrected chi connectivity index (χ2v) is 5.40. The van der Waals surface area contributed by atoms with Crippen LogP contribution in [0.3, 0.4) is 0 Å². The monoisotopic (exact) mass is 294 g/mol. The van der Waals surface area contributed by atoms with Gasteiger partial charge in [-0.2, -0.15) is 0 Å². The van der Waals surface area contributed by atoms with E-state index in [9.17, 15) is 9.90 Å². The Morgan fingerprint density at radius 2 is 1.27 bits per heavy atom. The van der Waals surface area contributed by atoms with Gasteiger partial charge in [-0.1, -0.05) is 36.4 Å². The summed E-state index contributed by atoms with van der Waals surface area (Å²) < 4.78 is 0. The lowest BCUT2D eigenvalue weighted by Gasteiger charge is -2.31. The molecule has 1 aliphatic rings. The predicted octanol–water partition coefficient (Wildman–Crippen LogP) is 3.51. The van der Waals surface area contributed by atoms with Crippen LogP contribution in [0, 0.1) is 13.8 Å². The molecular formula is C18H18N2O2. The zero-order chi connectivity index (χ0) is 15.7. The molecule has 1 N–H and O–H groups in total. The number of benzene rings is 2. The molecule has 0 saturated carbocycles. The Morgan fingerprint density at radius 1 is 0.864 bits per heavy atom. The molecule has 112 valence electrons. The summed E-state index contributed by atoms with van der Waals surface area (Å²) in [6.07, 6.45) is 2.88. The Balaban J connectivity index is 2.03. The maximum absolute atomic E-state index is 11.9. The first kappa shape index (κ1) is 14.2. The Kier molecular flexibility index (Phi) is 3.59. The van der Waals surface area contributed by atoms with Gasteiger partial charge in [-0.3, -0.25) is 0 Å². The molecule has 0 amide bonds. The number of rotatable bonds is 3. The van der Waals surface area contributed by atoms with E-state index in [0.29, 0.717) is 0 Å². The fraction of sp³-hybridized carbons (Fsp3) is 0.167. The Hall–Kier alpha value is -2.75. The summed E-state index contributed by atoms with van der Waals surface area (Å²) >= 11 is 0. The molecule has 1 aliphatic heterocycles. The van der Waals surface area contributed by atoms with Crippen molar-refractivity contribution in [3.05, 3.63) is 72.1 Å². The summed E-state index contributed by atoms with van der Waals surface area (Å²) in [7, 11) is 0. The van der Waals surface area contributed by atoms with Gasteiger partial charge in [0.15, 0.2) is 0 Å². The van der Waals surface area contributed by atoms with Crippen LogP contribution in [0.4, 0.5) is 11.4 Å². The molecule has 0 spiro atoms. The molecule has 0 aliphatic carbocycles. The zero-order valence-corrected chi connectivity index (χ0v) is 12.6. The number of carboxylic acid groups (broad SMARTS) is 1. The van der Waals surface area contributed by atoms with Crippen LogP contribution in [0.5, 0.6) is 0 Å². The number of aryl methyl sites for hydroxylation is 2. The van der Waals surface area contributed by atoms with Crippen molar-refractivity contribution < 1.29 is 9.90 Å². The first-order valence-electron chi connectivity index (χ1n) is 7.18. The molecule has 4 nitrogen and oxygen atoms in total. The second kappa shape index (κ2) is 5.56. The second-order valence-electron chi connectivity index (χ2n) is 5.40. The van der Waals surface area contributed by atoms with Gasteiger partial charge in [-0.15, -0.1) is 0 Å². The van der Waals surface area contributed by atoms with Crippen molar-refractivity contribution in [1.29, 1.82) is 0 Å². The van der Waals surface area contributed by atoms with E-state index in [1.54, 1.807) is 9.80 Å². The van der Waals surface area contributed by atoms with Crippen molar-refractivity contribution in [2.24, 2.45) is 0 Å². The number of carbonyl (C=O) groups is 1. The van der Waals surface area contributed by atoms with Gasteiger partial charge in [0, 0.05) is 23.8 Å². The fourth-order valence-electron chi connectivity index (χ4n) is 2.81. The highest BCUT2D eigenvalue weighted by molar-refractivity contribution is 5.86. The van der Waals surface area contributed by atoms with E-state index >= 15 is 0 Å². The van der Waals surface area contributed by atoms with Gasteiger partial charge in [0.05, 0.1) is 0 Å². The molecule has 0 saturated heterocycles. The summed E-state index contributed by atoms with van der Waals surface area (Å²) in [6.45, 7) is 3.97. The van der Waals surface area contributed by atoms with Crippen molar-refractivity contribution in [3.8, 4) is 0 Å². The summed E-state index contributed by atoms with van der Waals surface area (Å²) in [5.74, 6) is -0.878. The third-order valence-corrected chi connectivity index (χ3v) is 3.92. The van der Waals surface area contributed by atoms with Crippen molar-refractivity contribution in [3.63, 3.8) is 0 Å². The maximum Gasteiger partial charge on any atom is 0.348 e. The number of aliphatic carboxylic acids is 1. The van der Waals surface area contributed by atoms with Gasteiger partial charge in [0.2, 0.25) is 6.17 Å². The van der Waals surface area contributed by atoms with E-state index in [2.05, 4.69) is 0 Å². The minimum absolute atomic E-state index is 0.776. The Bertz CT molecular complexity index is 684. The zero-order valence-electron chi connectivity index (χ0n) is 12.6. The lowest BCUT2D eigenvalue weighted by atomic mass is 10.1. The van der Waals surface area contributed by atoms with Crippen molar-refractivity contribution in [2.45, 2.75) is 20.0 Å². The van der Waals surface area contributed by atoms with E-state index in [0.717, 1.165) is 22.5 Å². The predicted molar refractivity (Wildman–Crippen MR) is 87.9 cm³/mol. The molecule has 3 rings (SSSR count). The number of nitrogens with zero attached hydrogens (tertiary/aromatic N) is 2. The molecule has 2 aromatic carbocycles. The maximum atomic E-state index is 11.9. The number of para-hydroxylation sites is 2. The third kappa shape index (κ3) is 2.33. The summed E-state index contributed by atoms with van der Waals surface area (Å²) in [6, 6.07) is 15.6. The summed E-state index contributed by atoms with van der Waals surface area (Å²) in [5.41, 5.74) is 3.90. The third-order valence-electron chi connectivity index (χ3n) is 3.92. The minimum atomic E-state index is -0.878. The van der Waals surface area contributed by atoms with E-state index < -0.39 is 12.1 Å². The fourth-order valence-corrected chi connectivity index (χ4v) is 2.81. The Labute approximate surface area is 129 Å². The highest BCUT2D eigenvalue weighted by Gasteiger charge is 2.35. The van der Waals surface area contributed by atoms with E-state index in [1.165, 1.54) is 0 Å². The number of anilines is 2. The largest absolute Gasteiger partial charge is 0.478 e. The first-order valence-corrected chi connectivity index (χ1v) is 7.18. The van der Waals surface area contributed by atoms with Gasteiger partial charge in [0.1, 0.15) is 0 Å². The molecule has 4 heteroatoms. The SMILES string of the molecule is Cc1ccccc1N1C=CN(c2ccccc2C)C1C(=O)O. The molecule has 2 aromatic rings. The van der Waals surface area contributed by atoms with Gasteiger partial charge < -0.3 is 14.9 Å². The topological polar surface area (TPSA) is 43.8 Å². The molecular weight excluding hydrogens is 276 g/mol.